The zero-order chi connectivity index (χ0) is 13.7. The van der Waals surface area contributed by atoms with E-state index in [2.05, 4.69) is 15.6 Å². The molecule has 0 spiro atoms. The van der Waals surface area contributed by atoms with E-state index in [1.54, 1.807) is 11.8 Å². The van der Waals surface area contributed by atoms with E-state index in [9.17, 15) is 4.79 Å². The second-order valence-corrected chi connectivity index (χ2v) is 6.27. The normalized spacial score (nSPS) is 16.3. The van der Waals surface area contributed by atoms with Crippen LogP contribution < -0.4 is 10.6 Å². The number of carbonyl (C=O) groups excluding carboxylic acids is 1. The SMILES string of the molecule is Cc1cc(C)nc(NC(=O)CSC2CCNCC2)c1. The molecule has 0 unspecified atom stereocenters. The number of aryl methyl sites for hydroxylation is 2. The number of thioether (sulfide) groups is 1. The van der Waals surface area contributed by atoms with Crippen molar-refractivity contribution in [2.75, 3.05) is 24.2 Å². The molecule has 2 heterocycles. The monoisotopic (exact) mass is 279 g/mol. The maximum atomic E-state index is 11.9. The fourth-order valence-electron chi connectivity index (χ4n) is 2.24. The highest BCUT2D eigenvalue weighted by atomic mass is 32.2. The van der Waals surface area contributed by atoms with Crippen molar-refractivity contribution in [1.29, 1.82) is 0 Å². The molecule has 2 rings (SSSR count). The second kappa shape index (κ2) is 6.91. The first-order valence-electron chi connectivity index (χ1n) is 6.71. The van der Waals surface area contributed by atoms with E-state index in [-0.39, 0.29) is 5.91 Å². The molecular weight excluding hydrogens is 258 g/mol. The molecule has 0 atom stereocenters. The van der Waals surface area contributed by atoms with Gasteiger partial charge in [0, 0.05) is 10.9 Å². The lowest BCUT2D eigenvalue weighted by molar-refractivity contribution is -0.113. The van der Waals surface area contributed by atoms with Crippen LogP contribution in [0, 0.1) is 13.8 Å². The summed E-state index contributed by atoms with van der Waals surface area (Å²) < 4.78 is 0. The molecule has 5 heteroatoms. The first-order valence-corrected chi connectivity index (χ1v) is 7.76. The Morgan fingerprint density at radius 3 is 2.84 bits per heavy atom. The molecule has 19 heavy (non-hydrogen) atoms. The third-order valence-corrected chi connectivity index (χ3v) is 4.47. The number of hydrogen-bond donors (Lipinski definition) is 2. The Morgan fingerprint density at radius 1 is 1.42 bits per heavy atom. The van der Waals surface area contributed by atoms with Crippen molar-refractivity contribution >= 4 is 23.5 Å². The number of aromatic nitrogens is 1. The van der Waals surface area contributed by atoms with Gasteiger partial charge in [-0.1, -0.05) is 0 Å². The maximum Gasteiger partial charge on any atom is 0.235 e. The lowest BCUT2D eigenvalue weighted by atomic mass is 10.2. The lowest BCUT2D eigenvalue weighted by Gasteiger charge is -2.21. The number of piperidine rings is 1. The average molecular weight is 279 g/mol. The van der Waals surface area contributed by atoms with Gasteiger partial charge in [-0.25, -0.2) is 4.98 Å². The fourth-order valence-corrected chi connectivity index (χ4v) is 3.27. The van der Waals surface area contributed by atoms with Crippen molar-refractivity contribution in [3.63, 3.8) is 0 Å². The van der Waals surface area contributed by atoms with Crippen LogP contribution in [-0.2, 0) is 4.79 Å². The van der Waals surface area contributed by atoms with Crippen LogP contribution in [-0.4, -0.2) is 35.0 Å². The molecule has 1 amide bonds. The Kier molecular flexibility index (Phi) is 5.22. The van der Waals surface area contributed by atoms with Crippen LogP contribution in [0.3, 0.4) is 0 Å². The smallest absolute Gasteiger partial charge is 0.235 e. The second-order valence-electron chi connectivity index (χ2n) is 4.98. The van der Waals surface area contributed by atoms with Crippen LogP contribution >= 0.6 is 11.8 Å². The van der Waals surface area contributed by atoms with E-state index in [1.165, 1.54) is 0 Å². The zero-order valence-corrected chi connectivity index (χ0v) is 12.3. The van der Waals surface area contributed by atoms with Crippen molar-refractivity contribution in [2.24, 2.45) is 0 Å². The number of pyridine rings is 1. The highest BCUT2D eigenvalue weighted by Crippen LogP contribution is 2.20. The number of rotatable bonds is 4. The van der Waals surface area contributed by atoms with Crippen LogP contribution in [0.4, 0.5) is 5.82 Å². The van der Waals surface area contributed by atoms with Gasteiger partial charge in [0.15, 0.2) is 0 Å². The topological polar surface area (TPSA) is 54.0 Å². The molecule has 1 aliphatic heterocycles. The van der Waals surface area contributed by atoms with E-state index < -0.39 is 0 Å². The van der Waals surface area contributed by atoms with Crippen molar-refractivity contribution in [3.05, 3.63) is 23.4 Å². The fraction of sp³-hybridized carbons (Fsp3) is 0.571. The molecule has 1 aliphatic rings. The summed E-state index contributed by atoms with van der Waals surface area (Å²) in [7, 11) is 0. The van der Waals surface area contributed by atoms with Crippen molar-refractivity contribution in [3.8, 4) is 0 Å². The number of nitrogens with zero attached hydrogens (tertiary/aromatic N) is 1. The highest BCUT2D eigenvalue weighted by Gasteiger charge is 2.15. The highest BCUT2D eigenvalue weighted by molar-refractivity contribution is 8.00. The molecule has 4 nitrogen and oxygen atoms in total. The summed E-state index contributed by atoms with van der Waals surface area (Å²) in [4.78, 5) is 16.2. The quantitative estimate of drug-likeness (QED) is 0.886. The van der Waals surface area contributed by atoms with Gasteiger partial charge in [0.05, 0.1) is 5.75 Å². The number of nitrogens with one attached hydrogen (secondary N) is 2. The number of amides is 1. The molecule has 1 aromatic rings. The van der Waals surface area contributed by atoms with Gasteiger partial charge in [-0.15, -0.1) is 11.8 Å². The van der Waals surface area contributed by atoms with Crippen LogP contribution in [0.2, 0.25) is 0 Å². The van der Waals surface area contributed by atoms with Crippen LogP contribution in [0.25, 0.3) is 0 Å². The summed E-state index contributed by atoms with van der Waals surface area (Å²) in [5, 5.41) is 6.82. The molecule has 0 saturated carbocycles. The first kappa shape index (κ1) is 14.3. The molecule has 0 radical (unpaired) electrons. The molecular formula is C14H21N3OS. The number of carbonyl (C=O) groups is 1. The summed E-state index contributed by atoms with van der Waals surface area (Å²) in [6.45, 7) is 6.08. The third kappa shape index (κ3) is 4.84. The maximum absolute atomic E-state index is 11.9. The Morgan fingerprint density at radius 2 is 2.16 bits per heavy atom. The first-order chi connectivity index (χ1) is 9.13. The minimum Gasteiger partial charge on any atom is -0.317 e. The Hall–Kier alpha value is -1.07. The van der Waals surface area contributed by atoms with E-state index in [0.717, 1.165) is 37.2 Å². The molecule has 104 valence electrons. The van der Waals surface area contributed by atoms with Gasteiger partial charge in [-0.2, -0.15) is 0 Å². The van der Waals surface area contributed by atoms with E-state index >= 15 is 0 Å². The van der Waals surface area contributed by atoms with Crippen molar-refractivity contribution in [2.45, 2.75) is 31.9 Å². The summed E-state index contributed by atoms with van der Waals surface area (Å²) >= 11 is 1.75. The van der Waals surface area contributed by atoms with Gasteiger partial charge >= 0.3 is 0 Å². The molecule has 0 aliphatic carbocycles. The Balaban J connectivity index is 1.80. The minimum absolute atomic E-state index is 0.0426. The Labute approximate surface area is 118 Å². The summed E-state index contributed by atoms with van der Waals surface area (Å²) in [5.74, 6) is 1.22. The number of hydrogen-bond acceptors (Lipinski definition) is 4. The molecule has 1 aromatic heterocycles. The van der Waals surface area contributed by atoms with E-state index in [1.807, 2.05) is 26.0 Å². The van der Waals surface area contributed by atoms with Gasteiger partial charge in [0.2, 0.25) is 5.91 Å². The summed E-state index contributed by atoms with van der Waals surface area (Å²) in [6, 6.07) is 3.90. The Bertz CT molecular complexity index is 424. The summed E-state index contributed by atoms with van der Waals surface area (Å²) in [6.07, 6.45) is 2.31. The van der Waals surface area contributed by atoms with E-state index in [0.29, 0.717) is 16.8 Å². The van der Waals surface area contributed by atoms with Crippen LogP contribution in [0.15, 0.2) is 12.1 Å². The molecule has 0 bridgehead atoms. The molecule has 1 fully saturated rings. The van der Waals surface area contributed by atoms with Crippen molar-refractivity contribution < 1.29 is 4.79 Å². The van der Waals surface area contributed by atoms with E-state index in [4.69, 9.17) is 0 Å². The van der Waals surface area contributed by atoms with Crippen molar-refractivity contribution in [1.82, 2.24) is 10.3 Å². The molecule has 2 N–H and O–H groups in total. The van der Waals surface area contributed by atoms with Gasteiger partial charge in [-0.3, -0.25) is 4.79 Å². The predicted molar refractivity (Wildman–Crippen MR) is 80.7 cm³/mol. The molecule has 0 aromatic carbocycles. The largest absolute Gasteiger partial charge is 0.317 e. The standard InChI is InChI=1S/C14H21N3OS/c1-10-7-11(2)16-13(8-10)17-14(18)9-19-12-3-5-15-6-4-12/h7-8,12,15H,3-6,9H2,1-2H3,(H,16,17,18). The molecule has 1 saturated heterocycles. The van der Waals surface area contributed by atoms with Gasteiger partial charge in [-0.05, 0) is 57.5 Å². The van der Waals surface area contributed by atoms with Gasteiger partial charge in [0.1, 0.15) is 5.82 Å². The third-order valence-electron chi connectivity index (χ3n) is 3.10. The number of anilines is 1. The summed E-state index contributed by atoms with van der Waals surface area (Å²) in [5.41, 5.74) is 2.05. The van der Waals surface area contributed by atoms with Gasteiger partial charge in [0.25, 0.3) is 0 Å². The van der Waals surface area contributed by atoms with Crippen LogP contribution in [0.1, 0.15) is 24.1 Å². The van der Waals surface area contributed by atoms with Crippen LogP contribution in [0.5, 0.6) is 0 Å². The van der Waals surface area contributed by atoms with Gasteiger partial charge < -0.3 is 10.6 Å². The predicted octanol–water partition coefficient (Wildman–Crippen LogP) is 2.12. The lowest BCUT2D eigenvalue weighted by Crippen LogP contribution is -2.30. The minimum atomic E-state index is 0.0426. The zero-order valence-electron chi connectivity index (χ0n) is 11.5. The average Bonchev–Trinajstić information content (AvgIpc) is 2.36.